The number of para-hydroxylation sites is 1. The highest BCUT2D eigenvalue weighted by atomic mass is 16.5. The Morgan fingerprint density at radius 1 is 1.19 bits per heavy atom. The standard InChI is InChI=1S/C27H34N10O5/c1-13-9-30-10-17(32-13)22(39)31-11-16-20-26(36-23(28)35-20)27(40,41)18(12-37(26)24(29)33-16)34-21(38)14-5-4-6-15-19(14)42-8-7-25(15,2)3/h4-6,9-10,16,18,20,40-41H,7-8,11-12H2,1-3H3,(H2,29,33)(H,31,39)(H,34,38)(H3,28,35,36)/t16-,18?,20?,26?/m0/s1. The fourth-order valence-corrected chi connectivity index (χ4v) is 6.30. The lowest BCUT2D eigenvalue weighted by Gasteiger charge is -2.49. The summed E-state index contributed by atoms with van der Waals surface area (Å²) in [5.74, 6) is -3.29. The largest absolute Gasteiger partial charge is 0.492 e. The third kappa shape index (κ3) is 4.10. The van der Waals surface area contributed by atoms with Crippen molar-refractivity contribution in [2.75, 3.05) is 19.7 Å². The molecular weight excluding hydrogens is 544 g/mol. The van der Waals surface area contributed by atoms with Crippen molar-refractivity contribution >= 4 is 23.7 Å². The van der Waals surface area contributed by atoms with E-state index in [0.717, 1.165) is 12.0 Å². The van der Waals surface area contributed by atoms with Crippen LogP contribution in [0.25, 0.3) is 0 Å². The van der Waals surface area contributed by atoms with Crippen LogP contribution in [0.15, 0.2) is 40.6 Å². The molecule has 1 aromatic carbocycles. The van der Waals surface area contributed by atoms with Crippen molar-refractivity contribution in [3.8, 4) is 5.75 Å². The summed E-state index contributed by atoms with van der Waals surface area (Å²) in [5, 5.41) is 31.9. The van der Waals surface area contributed by atoms with Crippen LogP contribution < -0.4 is 32.2 Å². The van der Waals surface area contributed by atoms with Gasteiger partial charge >= 0.3 is 0 Å². The smallest absolute Gasteiger partial charge is 0.271 e. The Kier molecular flexibility index (Phi) is 6.27. The molecule has 3 unspecified atom stereocenters. The van der Waals surface area contributed by atoms with Crippen LogP contribution >= 0.6 is 0 Å². The number of aliphatic hydroxyl groups is 2. The van der Waals surface area contributed by atoms with Crippen LogP contribution in [0.3, 0.4) is 0 Å². The van der Waals surface area contributed by atoms with Gasteiger partial charge in [0, 0.05) is 24.8 Å². The van der Waals surface area contributed by atoms with Gasteiger partial charge in [-0.1, -0.05) is 26.0 Å². The summed E-state index contributed by atoms with van der Waals surface area (Å²) in [7, 11) is 0. The number of nitrogens with one attached hydrogen (secondary N) is 3. The van der Waals surface area contributed by atoms with E-state index in [2.05, 4.69) is 49.8 Å². The second-order valence-electron chi connectivity index (χ2n) is 11.7. The van der Waals surface area contributed by atoms with E-state index in [1.165, 1.54) is 17.3 Å². The van der Waals surface area contributed by atoms with Gasteiger partial charge < -0.3 is 47.3 Å². The highest BCUT2D eigenvalue weighted by molar-refractivity contribution is 5.98. The molecule has 0 aliphatic carbocycles. The molecule has 15 nitrogen and oxygen atoms in total. The van der Waals surface area contributed by atoms with Gasteiger partial charge in [-0.05, 0) is 24.8 Å². The third-order valence-electron chi connectivity index (χ3n) is 8.53. The number of carbonyl (C=O) groups is 2. The highest BCUT2D eigenvalue weighted by Gasteiger charge is 2.73. The summed E-state index contributed by atoms with van der Waals surface area (Å²) < 4.78 is 5.89. The molecular formula is C27H34N10O5. The maximum atomic E-state index is 13.6. The number of nitrogens with two attached hydrogens (primary N) is 2. The molecule has 1 spiro atoms. The van der Waals surface area contributed by atoms with Gasteiger partial charge in [-0.2, -0.15) is 0 Å². The van der Waals surface area contributed by atoms with Gasteiger partial charge in [0.05, 0.1) is 30.1 Å². The number of carbonyl (C=O) groups excluding carboxylic acids is 2. The number of hydrogen-bond acceptors (Lipinski definition) is 13. The molecule has 1 aromatic heterocycles. The Bertz CT molecular complexity index is 1520. The third-order valence-corrected chi connectivity index (χ3v) is 8.53. The van der Waals surface area contributed by atoms with Crippen LogP contribution in [-0.4, -0.2) is 98.1 Å². The van der Waals surface area contributed by atoms with Gasteiger partial charge in [-0.15, -0.1) is 0 Å². The molecule has 9 N–H and O–H groups in total. The first-order valence-electron chi connectivity index (χ1n) is 13.7. The number of rotatable bonds is 5. The summed E-state index contributed by atoms with van der Waals surface area (Å²) in [6.45, 7) is 6.17. The van der Waals surface area contributed by atoms with Crippen molar-refractivity contribution in [2.24, 2.45) is 21.5 Å². The Morgan fingerprint density at radius 3 is 2.74 bits per heavy atom. The monoisotopic (exact) mass is 578 g/mol. The topological polar surface area (TPSA) is 226 Å². The number of fused-ring (bicyclic) bond motifs is 1. The summed E-state index contributed by atoms with van der Waals surface area (Å²) >= 11 is 0. The molecule has 0 radical (unpaired) electrons. The number of ether oxygens (including phenoxy) is 1. The maximum absolute atomic E-state index is 13.6. The molecule has 1 saturated heterocycles. The normalized spacial score (nSPS) is 28.2. The number of guanidine groups is 2. The van der Waals surface area contributed by atoms with Crippen LogP contribution in [0.5, 0.6) is 5.75 Å². The molecule has 2 amide bonds. The van der Waals surface area contributed by atoms with Gasteiger partial charge in [0.1, 0.15) is 23.5 Å². The SMILES string of the molecule is Cc1cncc(C(=O)NC[C@@H]2N=C(N)N3CC(NC(=O)c4cccc5c4OCCC5(C)C)C(O)(O)C34NC(N)=NC24)n1. The van der Waals surface area contributed by atoms with Crippen molar-refractivity contribution in [1.82, 2.24) is 30.8 Å². The van der Waals surface area contributed by atoms with Crippen molar-refractivity contribution in [3.05, 3.63) is 53.1 Å². The van der Waals surface area contributed by atoms with E-state index in [1.807, 2.05) is 6.07 Å². The lowest BCUT2D eigenvalue weighted by Crippen LogP contribution is -2.78. The van der Waals surface area contributed by atoms with Crippen LogP contribution in [0.2, 0.25) is 0 Å². The zero-order valence-corrected chi connectivity index (χ0v) is 23.5. The molecule has 4 aliphatic heterocycles. The summed E-state index contributed by atoms with van der Waals surface area (Å²) in [5.41, 5.74) is 12.3. The van der Waals surface area contributed by atoms with E-state index in [4.69, 9.17) is 16.2 Å². The zero-order valence-electron chi connectivity index (χ0n) is 23.5. The van der Waals surface area contributed by atoms with E-state index in [9.17, 15) is 19.8 Å². The van der Waals surface area contributed by atoms with Crippen molar-refractivity contribution < 1.29 is 24.5 Å². The number of hydrogen-bond donors (Lipinski definition) is 7. The Morgan fingerprint density at radius 2 is 1.98 bits per heavy atom. The van der Waals surface area contributed by atoms with Gasteiger partial charge in [0.15, 0.2) is 17.6 Å². The number of benzene rings is 1. The molecule has 4 aliphatic rings. The van der Waals surface area contributed by atoms with E-state index in [0.29, 0.717) is 18.1 Å². The lowest BCUT2D eigenvalue weighted by atomic mass is 9.79. The number of aromatic nitrogens is 2. The van der Waals surface area contributed by atoms with Crippen LogP contribution in [0.4, 0.5) is 0 Å². The van der Waals surface area contributed by atoms with Crippen LogP contribution in [0, 0.1) is 6.92 Å². The molecule has 0 bridgehead atoms. The minimum Gasteiger partial charge on any atom is -0.492 e. The maximum Gasteiger partial charge on any atom is 0.271 e. The van der Waals surface area contributed by atoms with E-state index >= 15 is 0 Å². The van der Waals surface area contributed by atoms with E-state index < -0.39 is 41.4 Å². The number of nitrogens with zero attached hydrogens (tertiary/aromatic N) is 5. The molecule has 6 rings (SSSR count). The zero-order chi connectivity index (χ0) is 30.0. The van der Waals surface area contributed by atoms with Crippen molar-refractivity contribution in [1.29, 1.82) is 0 Å². The van der Waals surface area contributed by atoms with Gasteiger partial charge in [-0.25, -0.2) is 15.0 Å². The first kappa shape index (κ1) is 27.7. The summed E-state index contributed by atoms with van der Waals surface area (Å²) in [6.07, 6.45) is 3.67. The average Bonchev–Trinajstić information content (AvgIpc) is 3.40. The van der Waals surface area contributed by atoms with Gasteiger partial charge in [0.2, 0.25) is 5.79 Å². The number of amides is 2. The summed E-state index contributed by atoms with van der Waals surface area (Å²) in [6, 6.07) is 2.29. The van der Waals surface area contributed by atoms with Gasteiger partial charge in [-0.3, -0.25) is 14.6 Å². The average molecular weight is 579 g/mol. The fraction of sp³-hybridized carbons (Fsp3) is 0.481. The van der Waals surface area contributed by atoms with Crippen LogP contribution in [0.1, 0.15) is 52.4 Å². The predicted octanol–water partition coefficient (Wildman–Crippen LogP) is -1.95. The molecule has 4 atom stereocenters. The quantitative estimate of drug-likeness (QED) is 0.193. The minimum atomic E-state index is -2.63. The van der Waals surface area contributed by atoms with Crippen LogP contribution in [-0.2, 0) is 5.41 Å². The molecule has 15 heteroatoms. The van der Waals surface area contributed by atoms with E-state index in [1.54, 1.807) is 19.1 Å². The lowest BCUT2D eigenvalue weighted by molar-refractivity contribution is -0.230. The minimum absolute atomic E-state index is 0.0374. The molecule has 5 heterocycles. The second-order valence-corrected chi connectivity index (χ2v) is 11.7. The Labute approximate surface area is 241 Å². The predicted molar refractivity (Wildman–Crippen MR) is 150 cm³/mol. The fourth-order valence-electron chi connectivity index (χ4n) is 6.30. The number of aryl methyl sites for hydroxylation is 1. The molecule has 0 saturated carbocycles. The van der Waals surface area contributed by atoms with E-state index in [-0.39, 0.29) is 41.7 Å². The molecule has 1 fully saturated rings. The first-order chi connectivity index (χ1) is 19.8. The first-order valence-corrected chi connectivity index (χ1v) is 13.7. The highest BCUT2D eigenvalue weighted by Crippen LogP contribution is 2.45. The van der Waals surface area contributed by atoms with Crippen molar-refractivity contribution in [3.63, 3.8) is 0 Å². The molecule has 2 aromatic rings. The molecule has 42 heavy (non-hydrogen) atoms. The second kappa shape index (κ2) is 9.52. The number of aliphatic imine (C=N–C) groups is 2. The Balaban J connectivity index is 1.26. The summed E-state index contributed by atoms with van der Waals surface area (Å²) in [4.78, 5) is 44.8. The Hall–Kier alpha value is -4.50. The molecule has 222 valence electrons. The van der Waals surface area contributed by atoms with Gasteiger partial charge in [0.25, 0.3) is 11.8 Å². The van der Waals surface area contributed by atoms with Crippen molar-refractivity contribution in [2.45, 2.75) is 62.2 Å².